The first kappa shape index (κ1) is 11.9. The van der Waals surface area contributed by atoms with Gasteiger partial charge in [0.15, 0.2) is 0 Å². The summed E-state index contributed by atoms with van der Waals surface area (Å²) in [5.41, 5.74) is 2.30. The van der Waals surface area contributed by atoms with Gasteiger partial charge in [-0.3, -0.25) is 0 Å². The lowest BCUT2D eigenvalue weighted by Gasteiger charge is -2.07. The normalized spacial score (nSPS) is 10.3. The van der Waals surface area contributed by atoms with Crippen molar-refractivity contribution in [3.63, 3.8) is 0 Å². The van der Waals surface area contributed by atoms with Crippen LogP contribution in [0.3, 0.4) is 0 Å². The van der Waals surface area contributed by atoms with Crippen molar-refractivity contribution in [3.05, 3.63) is 46.9 Å². The van der Waals surface area contributed by atoms with E-state index in [9.17, 15) is 0 Å². The van der Waals surface area contributed by atoms with Crippen LogP contribution in [0.25, 0.3) is 0 Å². The minimum atomic E-state index is 0.451. The zero-order valence-electron chi connectivity index (χ0n) is 9.87. The van der Waals surface area contributed by atoms with Crippen LogP contribution in [0.4, 0.5) is 11.5 Å². The minimum Gasteiger partial charge on any atom is -0.340 e. The molecule has 0 unspecified atom stereocenters. The Bertz CT molecular complexity index is 506. The Morgan fingerprint density at radius 3 is 2.76 bits per heavy atom. The van der Waals surface area contributed by atoms with E-state index in [1.54, 1.807) is 6.07 Å². The van der Waals surface area contributed by atoms with Gasteiger partial charge in [-0.15, -0.1) is 0 Å². The van der Waals surface area contributed by atoms with E-state index >= 15 is 0 Å². The molecular formula is C13H14ClN3. The van der Waals surface area contributed by atoms with Gasteiger partial charge in [0.05, 0.1) is 0 Å². The largest absolute Gasteiger partial charge is 0.340 e. The van der Waals surface area contributed by atoms with E-state index in [2.05, 4.69) is 34.3 Å². The Morgan fingerprint density at radius 2 is 2.06 bits per heavy atom. The topological polar surface area (TPSA) is 37.8 Å². The summed E-state index contributed by atoms with van der Waals surface area (Å²) in [6, 6.07) is 9.95. The number of aryl methyl sites for hydroxylation is 2. The Hall–Kier alpha value is -1.61. The second-order valence-corrected chi connectivity index (χ2v) is 4.19. The van der Waals surface area contributed by atoms with Crippen LogP contribution in [0.5, 0.6) is 0 Å². The molecule has 0 aliphatic heterocycles. The number of benzene rings is 1. The maximum atomic E-state index is 5.88. The van der Waals surface area contributed by atoms with Crippen molar-refractivity contribution in [3.8, 4) is 0 Å². The van der Waals surface area contributed by atoms with Crippen molar-refractivity contribution < 1.29 is 0 Å². The highest BCUT2D eigenvalue weighted by atomic mass is 35.5. The number of hydrogen-bond acceptors (Lipinski definition) is 3. The summed E-state index contributed by atoms with van der Waals surface area (Å²) >= 11 is 5.88. The smallest absolute Gasteiger partial charge is 0.135 e. The molecule has 1 aromatic heterocycles. The molecule has 0 saturated heterocycles. The molecule has 1 N–H and O–H groups in total. The third-order valence-electron chi connectivity index (χ3n) is 2.41. The highest BCUT2D eigenvalue weighted by Crippen LogP contribution is 2.18. The molecule has 0 saturated carbocycles. The zero-order chi connectivity index (χ0) is 12.3. The molecule has 2 rings (SSSR count). The Labute approximate surface area is 106 Å². The second kappa shape index (κ2) is 5.15. The summed E-state index contributed by atoms with van der Waals surface area (Å²) in [5.74, 6) is 1.38. The number of nitrogens with zero attached hydrogens (tertiary/aromatic N) is 2. The Balaban J connectivity index is 2.24. The zero-order valence-corrected chi connectivity index (χ0v) is 10.6. The number of rotatable bonds is 3. The van der Waals surface area contributed by atoms with E-state index < -0.39 is 0 Å². The number of anilines is 2. The first-order valence-electron chi connectivity index (χ1n) is 5.54. The molecule has 0 aliphatic carbocycles. The van der Waals surface area contributed by atoms with E-state index in [4.69, 9.17) is 11.6 Å². The number of hydrogen-bond donors (Lipinski definition) is 1. The number of aromatic nitrogens is 2. The van der Waals surface area contributed by atoms with Gasteiger partial charge in [0.2, 0.25) is 0 Å². The summed E-state index contributed by atoms with van der Waals surface area (Å²) in [5, 5.41) is 3.68. The first-order valence-corrected chi connectivity index (χ1v) is 5.92. The molecule has 4 heteroatoms. The van der Waals surface area contributed by atoms with Crippen LogP contribution < -0.4 is 5.32 Å². The molecule has 3 nitrogen and oxygen atoms in total. The van der Waals surface area contributed by atoms with E-state index in [-0.39, 0.29) is 0 Å². The maximum Gasteiger partial charge on any atom is 0.135 e. The van der Waals surface area contributed by atoms with Gasteiger partial charge in [-0.25, -0.2) is 9.97 Å². The Morgan fingerprint density at radius 1 is 1.24 bits per heavy atom. The second-order valence-electron chi connectivity index (χ2n) is 3.80. The highest BCUT2D eigenvalue weighted by molar-refractivity contribution is 6.29. The fourth-order valence-electron chi connectivity index (χ4n) is 1.61. The van der Waals surface area contributed by atoms with E-state index in [1.807, 2.05) is 19.1 Å². The molecule has 0 amide bonds. The molecule has 0 spiro atoms. The molecule has 0 radical (unpaired) electrons. The van der Waals surface area contributed by atoms with Crippen molar-refractivity contribution in [1.82, 2.24) is 9.97 Å². The molecule has 88 valence electrons. The van der Waals surface area contributed by atoms with Crippen LogP contribution in [-0.4, -0.2) is 9.97 Å². The van der Waals surface area contributed by atoms with Crippen LogP contribution in [0, 0.1) is 6.92 Å². The molecule has 1 heterocycles. The van der Waals surface area contributed by atoms with Gasteiger partial charge >= 0.3 is 0 Å². The molecule has 0 bridgehead atoms. The third-order valence-corrected chi connectivity index (χ3v) is 2.61. The summed E-state index contributed by atoms with van der Waals surface area (Å²) in [7, 11) is 0. The predicted octanol–water partition coefficient (Wildman–Crippen LogP) is 3.74. The van der Waals surface area contributed by atoms with Crippen molar-refractivity contribution in [2.45, 2.75) is 20.3 Å². The SMILES string of the molecule is CCc1cccc(Nc2cc(Cl)nc(C)n2)c1. The lowest BCUT2D eigenvalue weighted by molar-refractivity contribution is 1.06. The molecule has 0 atom stereocenters. The van der Waals surface area contributed by atoms with Crippen molar-refractivity contribution in [2.24, 2.45) is 0 Å². The van der Waals surface area contributed by atoms with Gasteiger partial charge in [-0.05, 0) is 31.0 Å². The third kappa shape index (κ3) is 3.17. The van der Waals surface area contributed by atoms with Gasteiger partial charge in [-0.1, -0.05) is 30.7 Å². The number of nitrogens with one attached hydrogen (secondary N) is 1. The lowest BCUT2D eigenvalue weighted by Crippen LogP contribution is -1.97. The minimum absolute atomic E-state index is 0.451. The highest BCUT2D eigenvalue weighted by Gasteiger charge is 2.01. The number of halogens is 1. The van der Waals surface area contributed by atoms with Crippen molar-refractivity contribution in [2.75, 3.05) is 5.32 Å². The van der Waals surface area contributed by atoms with Crippen LogP contribution in [-0.2, 0) is 6.42 Å². The lowest BCUT2D eigenvalue weighted by atomic mass is 10.1. The van der Waals surface area contributed by atoms with Crippen LogP contribution in [0.15, 0.2) is 30.3 Å². The van der Waals surface area contributed by atoms with Crippen LogP contribution in [0.1, 0.15) is 18.3 Å². The molecule has 17 heavy (non-hydrogen) atoms. The standard InChI is InChI=1S/C13H14ClN3/c1-3-10-5-4-6-11(7-10)17-13-8-12(14)15-9(2)16-13/h4-8H,3H2,1-2H3,(H,15,16,17). The summed E-state index contributed by atoms with van der Waals surface area (Å²) < 4.78 is 0. The fraction of sp³-hybridized carbons (Fsp3) is 0.231. The van der Waals surface area contributed by atoms with Crippen molar-refractivity contribution in [1.29, 1.82) is 0 Å². The van der Waals surface area contributed by atoms with E-state index in [0.717, 1.165) is 17.9 Å². The molecule has 1 aromatic carbocycles. The van der Waals surface area contributed by atoms with Gasteiger partial charge in [0, 0.05) is 11.8 Å². The fourth-order valence-corrected chi connectivity index (χ4v) is 1.84. The van der Waals surface area contributed by atoms with Gasteiger partial charge in [-0.2, -0.15) is 0 Å². The molecule has 0 fully saturated rings. The Kier molecular flexibility index (Phi) is 3.59. The van der Waals surface area contributed by atoms with Gasteiger partial charge in [0.25, 0.3) is 0 Å². The molecule has 0 aliphatic rings. The maximum absolute atomic E-state index is 5.88. The summed E-state index contributed by atoms with van der Waals surface area (Å²) in [6.45, 7) is 3.95. The average Bonchev–Trinajstić information content (AvgIpc) is 2.28. The first-order chi connectivity index (χ1) is 8.17. The van der Waals surface area contributed by atoms with Gasteiger partial charge < -0.3 is 5.32 Å². The summed E-state index contributed by atoms with van der Waals surface area (Å²) in [4.78, 5) is 8.30. The monoisotopic (exact) mass is 247 g/mol. The van der Waals surface area contributed by atoms with Crippen molar-refractivity contribution >= 4 is 23.1 Å². The van der Waals surface area contributed by atoms with Gasteiger partial charge in [0.1, 0.15) is 16.8 Å². The average molecular weight is 248 g/mol. The van der Waals surface area contributed by atoms with E-state index in [0.29, 0.717) is 11.0 Å². The molecular weight excluding hydrogens is 234 g/mol. The quantitative estimate of drug-likeness (QED) is 0.840. The predicted molar refractivity (Wildman–Crippen MR) is 70.9 cm³/mol. The summed E-state index contributed by atoms with van der Waals surface area (Å²) in [6.07, 6.45) is 1.01. The van der Waals surface area contributed by atoms with E-state index in [1.165, 1.54) is 5.56 Å². The molecule has 2 aromatic rings. The van der Waals surface area contributed by atoms with Crippen LogP contribution in [0.2, 0.25) is 5.15 Å². The van der Waals surface area contributed by atoms with Crippen LogP contribution >= 0.6 is 11.6 Å².